The molecule has 10 heteroatoms. The SMILES string of the molecule is O=C(N=C1S[C@H]2CS(=O)(=O)C[C@@H]2N1c1ccccc1C(F)(F)F)c1ccccc1. The Bertz CT molecular complexity index is 1090. The second-order valence-electron chi connectivity index (χ2n) is 6.75. The number of alkyl halides is 3. The number of hydrogen-bond donors (Lipinski definition) is 0. The highest BCUT2D eigenvalue weighted by atomic mass is 32.2. The molecule has 2 heterocycles. The molecular weight excluding hydrogens is 425 g/mol. The molecule has 0 radical (unpaired) electrons. The molecule has 2 fully saturated rings. The number of sulfone groups is 1. The Kier molecular flexibility index (Phi) is 4.94. The molecule has 2 aliphatic heterocycles. The summed E-state index contributed by atoms with van der Waals surface area (Å²) in [6.45, 7) is 0. The van der Waals surface area contributed by atoms with E-state index >= 15 is 0 Å². The molecule has 2 aromatic rings. The lowest BCUT2D eigenvalue weighted by Gasteiger charge is -2.27. The van der Waals surface area contributed by atoms with Crippen molar-refractivity contribution in [2.75, 3.05) is 16.4 Å². The van der Waals surface area contributed by atoms with E-state index in [0.29, 0.717) is 5.56 Å². The van der Waals surface area contributed by atoms with Crippen molar-refractivity contribution in [1.82, 2.24) is 0 Å². The van der Waals surface area contributed by atoms with Crippen LogP contribution < -0.4 is 4.90 Å². The average Bonchev–Trinajstić information content (AvgIpc) is 3.12. The van der Waals surface area contributed by atoms with Crippen molar-refractivity contribution < 1.29 is 26.4 Å². The summed E-state index contributed by atoms with van der Waals surface area (Å²) in [5.74, 6) is -1.04. The highest BCUT2D eigenvalue weighted by Crippen LogP contribution is 2.45. The monoisotopic (exact) mass is 440 g/mol. The summed E-state index contributed by atoms with van der Waals surface area (Å²) < 4.78 is 64.9. The molecule has 2 aliphatic rings. The Morgan fingerprint density at radius 2 is 1.69 bits per heavy atom. The van der Waals surface area contributed by atoms with Gasteiger partial charge in [0.2, 0.25) is 0 Å². The number of halogens is 3. The van der Waals surface area contributed by atoms with Crippen molar-refractivity contribution >= 4 is 38.4 Å². The van der Waals surface area contributed by atoms with E-state index in [0.717, 1.165) is 17.8 Å². The summed E-state index contributed by atoms with van der Waals surface area (Å²) in [6.07, 6.45) is -4.63. The predicted octanol–water partition coefficient (Wildman–Crippen LogP) is 3.62. The standard InChI is InChI=1S/C19H15F3N2O3S2/c20-19(21,22)13-8-4-5-9-14(13)24-15-10-29(26,27)11-16(15)28-18(24)23-17(25)12-6-2-1-3-7-12/h1-9,15-16H,10-11H2/t15-,16-/m0/s1. The first-order chi connectivity index (χ1) is 13.7. The van der Waals surface area contributed by atoms with Gasteiger partial charge in [-0.2, -0.15) is 18.2 Å². The average molecular weight is 440 g/mol. The molecule has 2 aromatic carbocycles. The highest BCUT2D eigenvalue weighted by molar-refractivity contribution is 8.16. The number of carbonyl (C=O) groups is 1. The number of para-hydroxylation sites is 1. The second kappa shape index (κ2) is 7.17. The zero-order valence-electron chi connectivity index (χ0n) is 14.8. The van der Waals surface area contributed by atoms with E-state index in [1.165, 1.54) is 23.1 Å². The predicted molar refractivity (Wildman–Crippen MR) is 106 cm³/mol. The Hall–Kier alpha value is -2.33. The van der Waals surface area contributed by atoms with Gasteiger partial charge in [-0.3, -0.25) is 4.79 Å². The van der Waals surface area contributed by atoms with Gasteiger partial charge in [0.15, 0.2) is 15.0 Å². The number of fused-ring (bicyclic) bond motifs is 1. The fourth-order valence-corrected chi connectivity index (χ4v) is 7.41. The minimum atomic E-state index is -4.63. The minimum Gasteiger partial charge on any atom is -0.315 e. The van der Waals surface area contributed by atoms with Gasteiger partial charge in [-0.15, -0.1) is 0 Å². The number of nitrogens with zero attached hydrogens (tertiary/aromatic N) is 2. The van der Waals surface area contributed by atoms with Crippen LogP contribution in [0.3, 0.4) is 0 Å². The van der Waals surface area contributed by atoms with Gasteiger partial charge in [0, 0.05) is 10.8 Å². The second-order valence-corrected chi connectivity index (χ2v) is 10.1. The van der Waals surface area contributed by atoms with E-state index < -0.39 is 38.8 Å². The van der Waals surface area contributed by atoms with Crippen LogP contribution in [0, 0.1) is 0 Å². The van der Waals surface area contributed by atoms with E-state index in [9.17, 15) is 26.4 Å². The molecule has 2 saturated heterocycles. The number of carbonyl (C=O) groups excluding carboxylic acids is 1. The van der Waals surface area contributed by atoms with E-state index in [4.69, 9.17) is 0 Å². The molecule has 0 saturated carbocycles. The largest absolute Gasteiger partial charge is 0.418 e. The first-order valence-electron chi connectivity index (χ1n) is 8.66. The minimum absolute atomic E-state index is 0.0838. The Balaban J connectivity index is 1.81. The number of aliphatic imine (C=N–C) groups is 1. The molecule has 152 valence electrons. The molecule has 1 amide bonds. The molecule has 0 aliphatic carbocycles. The third-order valence-corrected chi connectivity index (χ3v) is 7.96. The maximum Gasteiger partial charge on any atom is 0.418 e. The zero-order valence-corrected chi connectivity index (χ0v) is 16.5. The van der Waals surface area contributed by atoms with Crippen LogP contribution in [0.4, 0.5) is 18.9 Å². The van der Waals surface area contributed by atoms with Crippen molar-refractivity contribution in [3.05, 3.63) is 65.7 Å². The van der Waals surface area contributed by atoms with Crippen molar-refractivity contribution in [2.45, 2.75) is 17.5 Å². The van der Waals surface area contributed by atoms with Crippen LogP contribution in [-0.4, -0.2) is 42.3 Å². The lowest BCUT2D eigenvalue weighted by atomic mass is 10.1. The molecule has 0 N–H and O–H groups in total. The number of thioether (sulfide) groups is 1. The topological polar surface area (TPSA) is 66.8 Å². The van der Waals surface area contributed by atoms with Gasteiger partial charge >= 0.3 is 6.18 Å². The number of amidine groups is 1. The first kappa shape index (κ1) is 20.0. The molecule has 0 spiro atoms. The maximum absolute atomic E-state index is 13.6. The van der Waals surface area contributed by atoms with E-state index in [1.807, 2.05) is 0 Å². The van der Waals surface area contributed by atoms with Crippen molar-refractivity contribution in [3.63, 3.8) is 0 Å². The number of hydrogen-bond acceptors (Lipinski definition) is 4. The lowest BCUT2D eigenvalue weighted by molar-refractivity contribution is -0.137. The van der Waals surface area contributed by atoms with Gasteiger partial charge < -0.3 is 4.90 Å². The summed E-state index contributed by atoms with van der Waals surface area (Å²) in [7, 11) is -3.38. The van der Waals surface area contributed by atoms with Crippen LogP contribution in [-0.2, 0) is 16.0 Å². The van der Waals surface area contributed by atoms with Gasteiger partial charge in [0.05, 0.1) is 28.8 Å². The molecule has 5 nitrogen and oxygen atoms in total. The summed E-state index contributed by atoms with van der Waals surface area (Å²) in [5.41, 5.74) is -0.795. The fraction of sp³-hybridized carbons (Fsp3) is 0.263. The van der Waals surface area contributed by atoms with Gasteiger partial charge in [0.25, 0.3) is 5.91 Å². The normalized spacial score (nSPS) is 24.7. The fourth-order valence-electron chi connectivity index (χ4n) is 3.50. The lowest BCUT2D eigenvalue weighted by Crippen LogP contribution is -2.39. The third-order valence-electron chi connectivity index (χ3n) is 4.75. The molecular formula is C19H15F3N2O3S2. The smallest absolute Gasteiger partial charge is 0.315 e. The highest BCUT2D eigenvalue weighted by Gasteiger charge is 2.51. The Morgan fingerprint density at radius 1 is 1.03 bits per heavy atom. The van der Waals surface area contributed by atoms with Crippen LogP contribution >= 0.6 is 11.8 Å². The van der Waals surface area contributed by atoms with Gasteiger partial charge in [-0.25, -0.2) is 8.42 Å². The molecule has 4 rings (SSSR count). The summed E-state index contributed by atoms with van der Waals surface area (Å²) in [5, 5.41) is -0.399. The van der Waals surface area contributed by atoms with Gasteiger partial charge in [-0.05, 0) is 24.3 Å². The van der Waals surface area contributed by atoms with Crippen LogP contribution in [0.2, 0.25) is 0 Å². The van der Waals surface area contributed by atoms with Gasteiger partial charge in [0.1, 0.15) is 0 Å². The molecule has 2 atom stereocenters. The first-order valence-corrected chi connectivity index (χ1v) is 11.4. The number of benzene rings is 2. The van der Waals surface area contributed by atoms with Gasteiger partial charge in [-0.1, -0.05) is 42.1 Å². The number of amides is 1. The van der Waals surface area contributed by atoms with Crippen molar-refractivity contribution in [1.29, 1.82) is 0 Å². The van der Waals surface area contributed by atoms with E-state index in [2.05, 4.69) is 4.99 Å². The molecule has 0 aromatic heterocycles. The van der Waals surface area contributed by atoms with E-state index in [1.54, 1.807) is 30.3 Å². The maximum atomic E-state index is 13.6. The van der Waals surface area contributed by atoms with Crippen LogP contribution in [0.25, 0.3) is 0 Å². The van der Waals surface area contributed by atoms with Crippen LogP contribution in [0.15, 0.2) is 59.6 Å². The quantitative estimate of drug-likeness (QED) is 0.714. The summed E-state index contributed by atoms with van der Waals surface area (Å²) in [6, 6.07) is 12.4. The Labute approximate surface area is 169 Å². The zero-order chi connectivity index (χ0) is 20.8. The van der Waals surface area contributed by atoms with Crippen molar-refractivity contribution in [2.24, 2.45) is 4.99 Å². The van der Waals surface area contributed by atoms with E-state index in [-0.39, 0.29) is 22.4 Å². The molecule has 0 unspecified atom stereocenters. The number of anilines is 1. The number of rotatable bonds is 2. The summed E-state index contributed by atoms with van der Waals surface area (Å²) in [4.78, 5) is 17.9. The van der Waals surface area contributed by atoms with Crippen LogP contribution in [0.1, 0.15) is 15.9 Å². The molecule has 29 heavy (non-hydrogen) atoms. The third kappa shape index (κ3) is 3.91. The summed E-state index contributed by atoms with van der Waals surface area (Å²) >= 11 is 1.04. The molecule has 0 bridgehead atoms. The van der Waals surface area contributed by atoms with Crippen LogP contribution in [0.5, 0.6) is 0 Å². The van der Waals surface area contributed by atoms with Crippen molar-refractivity contribution in [3.8, 4) is 0 Å². The Morgan fingerprint density at radius 3 is 2.38 bits per heavy atom.